The van der Waals surface area contributed by atoms with Gasteiger partial charge in [-0.25, -0.2) is 0 Å². The molecule has 5 heteroatoms. The molecule has 1 rings (SSSR count). The number of nitrogens with one attached hydrogen (secondary N) is 1. The van der Waals surface area contributed by atoms with Crippen molar-refractivity contribution in [3.8, 4) is 5.75 Å². The number of carbonyl (C=O) groups is 2. The van der Waals surface area contributed by atoms with Crippen LogP contribution in [-0.4, -0.2) is 28.4 Å². The number of hydrogen-bond acceptors (Lipinski definition) is 4. The van der Waals surface area contributed by atoms with Gasteiger partial charge in [-0.2, -0.15) is 0 Å². The van der Waals surface area contributed by atoms with Crippen molar-refractivity contribution in [3.05, 3.63) is 29.8 Å². The molecule has 0 aliphatic carbocycles. The number of aromatic hydroxyl groups is 1. The predicted octanol–water partition coefficient (Wildman–Crippen LogP) is 1.94. The Hall–Kier alpha value is -1.88. The summed E-state index contributed by atoms with van der Waals surface area (Å²) in [6, 6.07) is 6.11. The summed E-state index contributed by atoms with van der Waals surface area (Å²) < 4.78 is 0. The van der Waals surface area contributed by atoms with Crippen molar-refractivity contribution in [2.45, 2.75) is 39.7 Å². The van der Waals surface area contributed by atoms with Crippen LogP contribution in [0.4, 0.5) is 0 Å². The molecule has 0 spiro atoms. The highest BCUT2D eigenvalue weighted by Crippen LogP contribution is 2.15. The lowest BCUT2D eigenvalue weighted by atomic mass is 10.1. The zero-order chi connectivity index (χ0) is 15.5. The summed E-state index contributed by atoms with van der Waals surface area (Å²) in [6.45, 7) is 5.51. The Balaban J connectivity index is 0.00000172. The molecule has 1 aromatic carbocycles. The molecule has 112 valence electrons. The lowest BCUT2D eigenvalue weighted by Crippen LogP contribution is -2.28. The molecule has 0 aliphatic rings. The molecule has 1 atom stereocenters. The van der Waals surface area contributed by atoms with Crippen molar-refractivity contribution in [3.63, 3.8) is 0 Å². The van der Waals surface area contributed by atoms with Gasteiger partial charge in [0.05, 0.1) is 6.10 Å². The Bertz CT molecular complexity index is 414. The minimum absolute atomic E-state index is 0.0377. The number of rotatable bonds is 6. The highest BCUT2D eigenvalue weighted by Gasteiger charge is 2.09. The number of carbonyl (C=O) groups excluding carboxylic acids is 2. The topological polar surface area (TPSA) is 86.6 Å². The average molecular weight is 281 g/mol. The fourth-order valence-corrected chi connectivity index (χ4v) is 1.40. The van der Waals surface area contributed by atoms with Gasteiger partial charge in [0, 0.05) is 19.4 Å². The summed E-state index contributed by atoms with van der Waals surface area (Å²) >= 11 is 0. The van der Waals surface area contributed by atoms with Gasteiger partial charge in [0.1, 0.15) is 11.5 Å². The van der Waals surface area contributed by atoms with E-state index in [2.05, 4.69) is 5.32 Å². The second-order valence-electron chi connectivity index (χ2n) is 4.11. The summed E-state index contributed by atoms with van der Waals surface area (Å²) in [5.74, 6) is -0.177. The number of Topliss-reactive ketones (excluding diaryl/α,β-unsaturated/α-hetero) is 1. The highest BCUT2D eigenvalue weighted by molar-refractivity contribution is 5.83. The van der Waals surface area contributed by atoms with E-state index >= 15 is 0 Å². The summed E-state index contributed by atoms with van der Waals surface area (Å²) in [7, 11) is 0. The molecule has 5 nitrogen and oxygen atoms in total. The van der Waals surface area contributed by atoms with E-state index in [-0.39, 0.29) is 36.8 Å². The van der Waals surface area contributed by atoms with E-state index in [0.717, 1.165) is 0 Å². The Morgan fingerprint density at radius 2 is 1.70 bits per heavy atom. The van der Waals surface area contributed by atoms with Crippen LogP contribution in [0.3, 0.4) is 0 Å². The first kappa shape index (κ1) is 18.1. The van der Waals surface area contributed by atoms with Crippen LogP contribution >= 0.6 is 0 Å². The summed E-state index contributed by atoms with van der Waals surface area (Å²) in [5, 5.41) is 21.4. The molecule has 0 aliphatic heterocycles. The lowest BCUT2D eigenvalue weighted by Gasteiger charge is -2.12. The molecule has 3 N–H and O–H groups in total. The average Bonchev–Trinajstić information content (AvgIpc) is 2.45. The lowest BCUT2D eigenvalue weighted by molar-refractivity contribution is -0.124. The van der Waals surface area contributed by atoms with Crippen LogP contribution < -0.4 is 5.32 Å². The zero-order valence-corrected chi connectivity index (χ0v) is 12.2. The van der Waals surface area contributed by atoms with Crippen LogP contribution in [0, 0.1) is 0 Å². The first-order chi connectivity index (χ1) is 9.49. The second-order valence-corrected chi connectivity index (χ2v) is 4.11. The molecule has 1 aromatic rings. The van der Waals surface area contributed by atoms with E-state index in [9.17, 15) is 14.7 Å². The van der Waals surface area contributed by atoms with E-state index in [1.807, 2.05) is 13.8 Å². The van der Waals surface area contributed by atoms with Crippen molar-refractivity contribution < 1.29 is 19.8 Å². The van der Waals surface area contributed by atoms with Crippen molar-refractivity contribution in [2.24, 2.45) is 0 Å². The molecular weight excluding hydrogens is 258 g/mol. The monoisotopic (exact) mass is 281 g/mol. The maximum atomic E-state index is 11.3. The number of amides is 1. The van der Waals surface area contributed by atoms with Gasteiger partial charge < -0.3 is 20.3 Å². The Labute approximate surface area is 119 Å². The molecule has 0 bridgehead atoms. The highest BCUT2D eigenvalue weighted by atomic mass is 16.3. The van der Waals surface area contributed by atoms with Gasteiger partial charge in [0.15, 0.2) is 0 Å². The largest absolute Gasteiger partial charge is 0.508 e. The molecule has 0 heterocycles. The summed E-state index contributed by atoms with van der Waals surface area (Å²) in [6.07, 6.45) is -0.481. The van der Waals surface area contributed by atoms with Crippen LogP contribution in [0.25, 0.3) is 0 Å². The first-order valence-corrected chi connectivity index (χ1v) is 6.72. The van der Waals surface area contributed by atoms with Crippen molar-refractivity contribution in [2.75, 3.05) is 6.54 Å². The number of hydrogen-bond donors (Lipinski definition) is 3. The molecule has 0 aromatic heterocycles. The van der Waals surface area contributed by atoms with E-state index in [1.165, 1.54) is 19.1 Å². The van der Waals surface area contributed by atoms with Gasteiger partial charge in [-0.15, -0.1) is 0 Å². The van der Waals surface area contributed by atoms with Gasteiger partial charge in [-0.3, -0.25) is 4.79 Å². The van der Waals surface area contributed by atoms with E-state index < -0.39 is 6.10 Å². The summed E-state index contributed by atoms with van der Waals surface area (Å²) in [4.78, 5) is 22.0. The van der Waals surface area contributed by atoms with E-state index in [4.69, 9.17) is 5.11 Å². The fourth-order valence-electron chi connectivity index (χ4n) is 1.40. The Morgan fingerprint density at radius 3 is 2.20 bits per heavy atom. The Morgan fingerprint density at radius 1 is 1.15 bits per heavy atom. The minimum atomic E-state index is -0.827. The number of phenols is 1. The molecule has 0 fully saturated rings. The van der Waals surface area contributed by atoms with E-state index in [1.54, 1.807) is 12.1 Å². The third-order valence-electron chi connectivity index (χ3n) is 2.47. The molecule has 0 saturated carbocycles. The fraction of sp³-hybridized carbons (Fsp3) is 0.467. The van der Waals surface area contributed by atoms with Gasteiger partial charge >= 0.3 is 0 Å². The van der Waals surface area contributed by atoms with Crippen LogP contribution in [0.5, 0.6) is 5.75 Å². The molecule has 20 heavy (non-hydrogen) atoms. The van der Waals surface area contributed by atoms with Gasteiger partial charge in [0.25, 0.3) is 0 Å². The standard InChI is InChI=1S/C13H17NO4.C2H6/c1-9(15)2-7-13(18)14-8-12(17)10-3-5-11(16)6-4-10;1-2/h3-6,12,16-17H,2,7-8H2,1H3,(H,14,18);1-2H3. The van der Waals surface area contributed by atoms with E-state index in [0.29, 0.717) is 5.56 Å². The zero-order valence-electron chi connectivity index (χ0n) is 12.2. The molecule has 1 amide bonds. The number of phenolic OH excluding ortho intramolecular Hbond substituents is 1. The molecular formula is C15H23NO4. The number of ketones is 1. The molecule has 0 radical (unpaired) electrons. The van der Waals surface area contributed by atoms with Gasteiger partial charge in [-0.05, 0) is 24.6 Å². The quantitative estimate of drug-likeness (QED) is 0.743. The third kappa shape index (κ3) is 7.53. The van der Waals surface area contributed by atoms with Crippen molar-refractivity contribution >= 4 is 11.7 Å². The van der Waals surface area contributed by atoms with Gasteiger partial charge in [-0.1, -0.05) is 26.0 Å². The maximum absolute atomic E-state index is 11.3. The third-order valence-corrected chi connectivity index (χ3v) is 2.47. The molecule has 0 saturated heterocycles. The normalized spacial score (nSPS) is 11.0. The number of aliphatic hydroxyl groups excluding tert-OH is 1. The summed E-state index contributed by atoms with van der Waals surface area (Å²) in [5.41, 5.74) is 0.611. The van der Waals surface area contributed by atoms with Crippen LogP contribution in [0.1, 0.15) is 45.3 Å². The second kappa shape index (κ2) is 9.97. The minimum Gasteiger partial charge on any atom is -0.508 e. The van der Waals surface area contributed by atoms with Crippen molar-refractivity contribution in [1.82, 2.24) is 5.32 Å². The van der Waals surface area contributed by atoms with Gasteiger partial charge in [0.2, 0.25) is 5.91 Å². The first-order valence-electron chi connectivity index (χ1n) is 6.72. The van der Waals surface area contributed by atoms with Crippen LogP contribution in [0.15, 0.2) is 24.3 Å². The van der Waals surface area contributed by atoms with Crippen molar-refractivity contribution in [1.29, 1.82) is 0 Å². The Kier molecular flexibility index (Phi) is 9.04. The SMILES string of the molecule is CC.CC(=O)CCC(=O)NCC(O)c1ccc(O)cc1. The number of aliphatic hydroxyl groups is 1. The maximum Gasteiger partial charge on any atom is 0.220 e. The van der Waals surface area contributed by atoms with Crippen LogP contribution in [-0.2, 0) is 9.59 Å². The predicted molar refractivity (Wildman–Crippen MR) is 77.3 cm³/mol. The van der Waals surface area contributed by atoms with Crippen LogP contribution in [0.2, 0.25) is 0 Å². The number of benzene rings is 1. The smallest absolute Gasteiger partial charge is 0.220 e. The molecule has 1 unspecified atom stereocenters.